The zero-order chi connectivity index (χ0) is 15.3. The minimum atomic E-state index is -4.16. The zero-order valence-electron chi connectivity index (χ0n) is 11.7. The van der Waals surface area contributed by atoms with Gasteiger partial charge in [-0.1, -0.05) is 6.92 Å². The van der Waals surface area contributed by atoms with Crippen LogP contribution < -0.4 is 10.1 Å². The van der Waals surface area contributed by atoms with Gasteiger partial charge >= 0.3 is 6.18 Å². The van der Waals surface area contributed by atoms with Crippen molar-refractivity contribution in [1.29, 1.82) is 0 Å². The topological polar surface area (TPSA) is 51.5 Å². The summed E-state index contributed by atoms with van der Waals surface area (Å²) in [5, 5.41) is 3.11. The quantitative estimate of drug-likeness (QED) is 0.798. The number of nitrogens with one attached hydrogen (secondary N) is 1. The van der Waals surface area contributed by atoms with Gasteiger partial charge in [0.15, 0.2) is 0 Å². The molecule has 0 amide bonds. The second-order valence-electron chi connectivity index (χ2n) is 4.58. The molecule has 116 valence electrons. The number of anilines is 1. The summed E-state index contributed by atoms with van der Waals surface area (Å²) in [6.07, 6.45) is 0.881. The standard InChI is InChI=1S/C13H17F3N4O/c1-2-5-17-10-9-20-7-6-18-11(20)12(19-10)21-8-3-4-13(14,15)16/h6-7,9,17H,2-5,8H2,1H3. The van der Waals surface area contributed by atoms with Crippen LogP contribution in [0.4, 0.5) is 19.0 Å². The summed E-state index contributed by atoms with van der Waals surface area (Å²) in [5.74, 6) is 0.844. The summed E-state index contributed by atoms with van der Waals surface area (Å²) in [7, 11) is 0. The van der Waals surface area contributed by atoms with E-state index in [-0.39, 0.29) is 18.9 Å². The Bertz CT molecular complexity index is 582. The monoisotopic (exact) mass is 302 g/mol. The minimum absolute atomic E-state index is 0.0493. The molecule has 0 atom stereocenters. The number of aromatic nitrogens is 3. The Balaban J connectivity index is 2.04. The Labute approximate surface area is 120 Å². The highest BCUT2D eigenvalue weighted by Crippen LogP contribution is 2.22. The molecule has 0 aliphatic carbocycles. The van der Waals surface area contributed by atoms with E-state index in [1.165, 1.54) is 0 Å². The number of alkyl halides is 3. The number of halogens is 3. The largest absolute Gasteiger partial charge is 0.475 e. The SMILES string of the molecule is CCCNc1cn2ccnc2c(OCCCC(F)(F)F)n1. The lowest BCUT2D eigenvalue weighted by atomic mass is 10.3. The number of hydrogen-bond acceptors (Lipinski definition) is 4. The van der Waals surface area contributed by atoms with Gasteiger partial charge in [0, 0.05) is 25.4 Å². The average Bonchev–Trinajstić information content (AvgIpc) is 2.88. The van der Waals surface area contributed by atoms with E-state index in [2.05, 4.69) is 15.3 Å². The summed E-state index contributed by atoms with van der Waals surface area (Å²) in [5.41, 5.74) is 0.490. The van der Waals surface area contributed by atoms with E-state index in [0.29, 0.717) is 11.5 Å². The van der Waals surface area contributed by atoms with Crippen molar-refractivity contribution in [3.63, 3.8) is 0 Å². The van der Waals surface area contributed by atoms with Crippen LogP contribution in [0.25, 0.3) is 5.65 Å². The number of imidazole rings is 1. The van der Waals surface area contributed by atoms with Gasteiger partial charge in [-0.2, -0.15) is 18.2 Å². The van der Waals surface area contributed by atoms with Crippen molar-refractivity contribution < 1.29 is 17.9 Å². The van der Waals surface area contributed by atoms with Gasteiger partial charge in [-0.05, 0) is 12.8 Å². The molecule has 0 radical (unpaired) electrons. The van der Waals surface area contributed by atoms with E-state index < -0.39 is 12.6 Å². The maximum atomic E-state index is 12.1. The van der Waals surface area contributed by atoms with Crippen LogP contribution in [-0.4, -0.2) is 33.7 Å². The third-order valence-electron chi connectivity index (χ3n) is 2.74. The highest BCUT2D eigenvalue weighted by atomic mass is 19.4. The molecule has 0 unspecified atom stereocenters. The summed E-state index contributed by atoms with van der Waals surface area (Å²) in [4.78, 5) is 8.34. The fourth-order valence-corrected chi connectivity index (χ4v) is 1.78. The molecular formula is C13H17F3N4O. The molecule has 0 spiro atoms. The van der Waals surface area contributed by atoms with Gasteiger partial charge in [0.2, 0.25) is 5.65 Å². The zero-order valence-corrected chi connectivity index (χ0v) is 11.7. The van der Waals surface area contributed by atoms with Crippen molar-refractivity contribution in [1.82, 2.24) is 14.4 Å². The Morgan fingerprint density at radius 3 is 2.90 bits per heavy atom. The molecule has 2 rings (SSSR count). The van der Waals surface area contributed by atoms with E-state index in [9.17, 15) is 13.2 Å². The summed E-state index contributed by atoms with van der Waals surface area (Å²) < 4.78 is 43.4. The van der Waals surface area contributed by atoms with Crippen molar-refractivity contribution >= 4 is 11.5 Å². The first kappa shape index (κ1) is 15.4. The second kappa shape index (κ2) is 6.64. The van der Waals surface area contributed by atoms with E-state index in [0.717, 1.165) is 13.0 Å². The van der Waals surface area contributed by atoms with Crippen LogP contribution in [-0.2, 0) is 0 Å². The van der Waals surface area contributed by atoms with Gasteiger partial charge in [0.1, 0.15) is 5.82 Å². The number of ether oxygens (including phenoxy) is 1. The summed E-state index contributed by atoms with van der Waals surface area (Å²) >= 11 is 0. The average molecular weight is 302 g/mol. The molecule has 2 aromatic heterocycles. The van der Waals surface area contributed by atoms with Crippen LogP contribution >= 0.6 is 0 Å². The lowest BCUT2D eigenvalue weighted by Crippen LogP contribution is -2.11. The highest BCUT2D eigenvalue weighted by molar-refractivity contribution is 5.53. The maximum Gasteiger partial charge on any atom is 0.389 e. The van der Waals surface area contributed by atoms with Crippen molar-refractivity contribution in [2.45, 2.75) is 32.4 Å². The van der Waals surface area contributed by atoms with E-state index in [1.54, 1.807) is 23.0 Å². The lowest BCUT2D eigenvalue weighted by molar-refractivity contribution is -0.136. The van der Waals surface area contributed by atoms with Gasteiger partial charge in [-0.3, -0.25) is 4.40 Å². The fraction of sp³-hybridized carbons (Fsp3) is 0.538. The van der Waals surface area contributed by atoms with Gasteiger partial charge in [-0.25, -0.2) is 4.98 Å². The van der Waals surface area contributed by atoms with Crippen LogP contribution in [0.3, 0.4) is 0 Å². The number of fused-ring (bicyclic) bond motifs is 1. The molecule has 0 aromatic carbocycles. The normalized spacial score (nSPS) is 11.8. The highest BCUT2D eigenvalue weighted by Gasteiger charge is 2.26. The molecule has 0 aliphatic rings. The van der Waals surface area contributed by atoms with Gasteiger partial charge in [0.05, 0.1) is 12.8 Å². The first-order valence-electron chi connectivity index (χ1n) is 6.76. The molecule has 0 aliphatic heterocycles. The molecule has 1 N–H and O–H groups in total. The molecule has 2 heterocycles. The number of hydrogen-bond donors (Lipinski definition) is 1. The molecule has 2 aromatic rings. The molecule has 0 saturated heterocycles. The van der Waals surface area contributed by atoms with Gasteiger partial charge in [0.25, 0.3) is 5.88 Å². The van der Waals surface area contributed by atoms with Crippen molar-refractivity contribution in [2.75, 3.05) is 18.5 Å². The van der Waals surface area contributed by atoms with Crippen LogP contribution in [0.2, 0.25) is 0 Å². The van der Waals surface area contributed by atoms with E-state index in [1.807, 2.05) is 6.92 Å². The predicted octanol–water partition coefficient (Wildman–Crippen LogP) is 3.27. The van der Waals surface area contributed by atoms with Gasteiger partial charge in [-0.15, -0.1) is 0 Å². The van der Waals surface area contributed by atoms with Crippen molar-refractivity contribution in [3.05, 3.63) is 18.6 Å². The molecular weight excluding hydrogens is 285 g/mol. The van der Waals surface area contributed by atoms with E-state index in [4.69, 9.17) is 4.74 Å². The van der Waals surface area contributed by atoms with Crippen LogP contribution in [0.15, 0.2) is 18.6 Å². The van der Waals surface area contributed by atoms with Crippen LogP contribution in [0, 0.1) is 0 Å². The van der Waals surface area contributed by atoms with Crippen molar-refractivity contribution in [2.24, 2.45) is 0 Å². The smallest absolute Gasteiger partial charge is 0.389 e. The first-order chi connectivity index (χ1) is 9.99. The molecule has 0 fully saturated rings. The Hall–Kier alpha value is -1.99. The number of rotatable bonds is 7. The molecule has 0 saturated carbocycles. The summed E-state index contributed by atoms with van der Waals surface area (Å²) in [6.45, 7) is 2.73. The van der Waals surface area contributed by atoms with E-state index >= 15 is 0 Å². The third kappa shape index (κ3) is 4.51. The summed E-state index contributed by atoms with van der Waals surface area (Å²) in [6, 6.07) is 0. The maximum absolute atomic E-state index is 12.1. The van der Waals surface area contributed by atoms with Crippen LogP contribution in [0.1, 0.15) is 26.2 Å². The first-order valence-corrected chi connectivity index (χ1v) is 6.76. The fourth-order valence-electron chi connectivity index (χ4n) is 1.78. The predicted molar refractivity (Wildman–Crippen MR) is 72.6 cm³/mol. The molecule has 21 heavy (non-hydrogen) atoms. The molecule has 8 heteroatoms. The Morgan fingerprint density at radius 1 is 1.38 bits per heavy atom. The molecule has 5 nitrogen and oxygen atoms in total. The lowest BCUT2D eigenvalue weighted by Gasteiger charge is -2.10. The Morgan fingerprint density at radius 2 is 2.19 bits per heavy atom. The molecule has 0 bridgehead atoms. The van der Waals surface area contributed by atoms with Crippen molar-refractivity contribution in [3.8, 4) is 5.88 Å². The Kier molecular flexibility index (Phi) is 4.87. The number of nitrogens with zero attached hydrogens (tertiary/aromatic N) is 3. The minimum Gasteiger partial charge on any atom is -0.475 e. The van der Waals surface area contributed by atoms with Crippen LogP contribution in [0.5, 0.6) is 5.88 Å². The third-order valence-corrected chi connectivity index (χ3v) is 2.74. The van der Waals surface area contributed by atoms with Gasteiger partial charge < -0.3 is 10.1 Å². The second-order valence-corrected chi connectivity index (χ2v) is 4.58.